The summed E-state index contributed by atoms with van der Waals surface area (Å²) in [4.78, 5) is 32.9. The Morgan fingerprint density at radius 2 is 2.12 bits per heavy atom. The molecule has 3 aromatic rings. The van der Waals surface area contributed by atoms with Crippen LogP contribution in [-0.4, -0.2) is 38.9 Å². The molecule has 9 heteroatoms. The molecule has 25 heavy (non-hydrogen) atoms. The smallest absolute Gasteiger partial charge is 0.270 e. The highest BCUT2D eigenvalue weighted by molar-refractivity contribution is 5.91. The molecular formula is C16H16N6O3. The summed E-state index contributed by atoms with van der Waals surface area (Å²) in [6.07, 6.45) is 1.43. The van der Waals surface area contributed by atoms with Gasteiger partial charge in [-0.2, -0.15) is 0 Å². The summed E-state index contributed by atoms with van der Waals surface area (Å²) in [5.41, 5.74) is 2.05. The molecule has 3 rings (SSSR count). The van der Waals surface area contributed by atoms with Gasteiger partial charge in [0.05, 0.1) is 10.3 Å². The summed E-state index contributed by atoms with van der Waals surface area (Å²) in [7, 11) is 0. The zero-order valence-corrected chi connectivity index (χ0v) is 13.4. The van der Waals surface area contributed by atoms with Crippen molar-refractivity contribution < 1.29 is 9.72 Å². The number of hydrogen-bond donors (Lipinski definition) is 3. The van der Waals surface area contributed by atoms with Crippen molar-refractivity contribution in [2.75, 3.05) is 18.4 Å². The topological polar surface area (TPSA) is 126 Å². The Hall–Kier alpha value is -3.49. The number of carbonyl (C=O) groups excluding carboxylic acids is 1. The number of anilines is 1. The molecule has 1 amide bonds. The number of aromatic nitrogens is 3. The first-order chi connectivity index (χ1) is 12.0. The molecule has 0 aliphatic heterocycles. The molecule has 2 aromatic heterocycles. The van der Waals surface area contributed by atoms with Gasteiger partial charge in [0.2, 0.25) is 5.91 Å². The first-order valence-electron chi connectivity index (χ1n) is 7.61. The first-order valence-corrected chi connectivity index (χ1v) is 7.61. The minimum Gasteiger partial charge on any atom is -0.368 e. The van der Waals surface area contributed by atoms with E-state index in [0.29, 0.717) is 35.8 Å². The number of carbonyl (C=O) groups is 1. The Bertz CT molecular complexity index is 937. The second kappa shape index (κ2) is 6.95. The Kier molecular flexibility index (Phi) is 4.55. The summed E-state index contributed by atoms with van der Waals surface area (Å²) >= 11 is 0. The molecule has 0 aliphatic carbocycles. The first kappa shape index (κ1) is 16.4. The minimum atomic E-state index is -0.430. The van der Waals surface area contributed by atoms with Crippen molar-refractivity contribution in [3.8, 4) is 11.3 Å². The number of nitrogens with zero attached hydrogens (tertiary/aromatic N) is 3. The van der Waals surface area contributed by atoms with Crippen LogP contribution in [0.1, 0.15) is 6.92 Å². The highest BCUT2D eigenvalue weighted by Gasteiger charge is 2.12. The third-order valence-electron chi connectivity index (χ3n) is 3.59. The van der Waals surface area contributed by atoms with Crippen LogP contribution in [0.5, 0.6) is 0 Å². The second-order valence-electron chi connectivity index (χ2n) is 5.38. The zero-order valence-electron chi connectivity index (χ0n) is 13.4. The van der Waals surface area contributed by atoms with Gasteiger partial charge in [-0.25, -0.2) is 9.97 Å². The van der Waals surface area contributed by atoms with E-state index >= 15 is 0 Å². The fraction of sp³-hybridized carbons (Fsp3) is 0.188. The molecule has 9 nitrogen and oxygen atoms in total. The van der Waals surface area contributed by atoms with Gasteiger partial charge in [-0.15, -0.1) is 0 Å². The van der Waals surface area contributed by atoms with E-state index in [9.17, 15) is 14.9 Å². The number of H-pyrrole nitrogens is 1. The van der Waals surface area contributed by atoms with Crippen molar-refractivity contribution in [2.24, 2.45) is 0 Å². The molecule has 0 atom stereocenters. The van der Waals surface area contributed by atoms with Crippen molar-refractivity contribution in [1.82, 2.24) is 20.3 Å². The summed E-state index contributed by atoms with van der Waals surface area (Å²) in [6, 6.07) is 8.21. The molecule has 1 aromatic carbocycles. The molecular weight excluding hydrogens is 324 g/mol. The van der Waals surface area contributed by atoms with Gasteiger partial charge in [-0.1, -0.05) is 12.1 Å². The second-order valence-corrected chi connectivity index (χ2v) is 5.38. The lowest BCUT2D eigenvalue weighted by atomic mass is 10.1. The lowest BCUT2D eigenvalue weighted by Gasteiger charge is -2.06. The van der Waals surface area contributed by atoms with Crippen LogP contribution in [0.4, 0.5) is 11.5 Å². The van der Waals surface area contributed by atoms with Gasteiger partial charge in [0.15, 0.2) is 0 Å². The van der Waals surface area contributed by atoms with Crippen molar-refractivity contribution in [3.05, 3.63) is 46.8 Å². The Balaban J connectivity index is 1.87. The standard InChI is InChI=1S/C16H16N6O3/c1-10(23)17-5-6-18-15-13-8-14(21-16(13)20-9-19-15)11-3-2-4-12(7-11)22(24)25/h2-4,7-9H,5-6H2,1H3,(H,17,23)(H2,18,19,20,21). The van der Waals surface area contributed by atoms with Crippen LogP contribution in [0.25, 0.3) is 22.3 Å². The van der Waals surface area contributed by atoms with E-state index in [2.05, 4.69) is 25.6 Å². The van der Waals surface area contributed by atoms with Crippen LogP contribution in [-0.2, 0) is 4.79 Å². The normalized spacial score (nSPS) is 10.6. The van der Waals surface area contributed by atoms with E-state index in [1.807, 2.05) is 6.07 Å². The van der Waals surface area contributed by atoms with Crippen molar-refractivity contribution in [1.29, 1.82) is 0 Å². The van der Waals surface area contributed by atoms with Crippen LogP contribution in [0.3, 0.4) is 0 Å². The molecule has 2 heterocycles. The highest BCUT2D eigenvalue weighted by Crippen LogP contribution is 2.28. The molecule has 0 bridgehead atoms. The molecule has 128 valence electrons. The van der Waals surface area contributed by atoms with E-state index in [1.165, 1.54) is 25.4 Å². The van der Waals surface area contributed by atoms with Gasteiger partial charge in [-0.3, -0.25) is 14.9 Å². The van der Waals surface area contributed by atoms with Crippen molar-refractivity contribution in [3.63, 3.8) is 0 Å². The lowest BCUT2D eigenvalue weighted by Crippen LogP contribution is -2.26. The SMILES string of the molecule is CC(=O)NCCNc1ncnc2[nH]c(-c3cccc([N+](=O)[O-])c3)cc12. The van der Waals surface area contributed by atoms with E-state index < -0.39 is 4.92 Å². The summed E-state index contributed by atoms with van der Waals surface area (Å²) in [5, 5.41) is 17.5. The van der Waals surface area contributed by atoms with Crippen LogP contribution >= 0.6 is 0 Å². The van der Waals surface area contributed by atoms with Gasteiger partial charge in [0.25, 0.3) is 5.69 Å². The molecule has 0 aliphatic rings. The van der Waals surface area contributed by atoms with Gasteiger partial charge in [0, 0.05) is 43.4 Å². The van der Waals surface area contributed by atoms with Crippen molar-refractivity contribution in [2.45, 2.75) is 6.92 Å². The van der Waals surface area contributed by atoms with E-state index in [1.54, 1.807) is 12.1 Å². The maximum absolute atomic E-state index is 10.9. The number of nitro benzene ring substituents is 1. The monoisotopic (exact) mass is 340 g/mol. The Labute approximate surface area is 142 Å². The predicted octanol–water partition coefficient (Wildman–Crippen LogP) is 2.08. The fourth-order valence-electron chi connectivity index (χ4n) is 2.44. The number of rotatable bonds is 6. The highest BCUT2D eigenvalue weighted by atomic mass is 16.6. The number of nitrogens with one attached hydrogen (secondary N) is 3. The van der Waals surface area contributed by atoms with E-state index in [0.717, 1.165) is 5.39 Å². The van der Waals surface area contributed by atoms with E-state index in [-0.39, 0.29) is 11.6 Å². The molecule has 0 fully saturated rings. The van der Waals surface area contributed by atoms with E-state index in [4.69, 9.17) is 0 Å². The molecule has 0 unspecified atom stereocenters. The third kappa shape index (κ3) is 3.71. The average Bonchev–Trinajstić information content (AvgIpc) is 3.03. The molecule has 0 saturated heterocycles. The largest absolute Gasteiger partial charge is 0.368 e. The molecule has 0 saturated carbocycles. The lowest BCUT2D eigenvalue weighted by molar-refractivity contribution is -0.384. The number of fused-ring (bicyclic) bond motifs is 1. The van der Waals surface area contributed by atoms with Crippen LogP contribution in [0.2, 0.25) is 0 Å². The number of nitro groups is 1. The maximum Gasteiger partial charge on any atom is 0.270 e. The van der Waals surface area contributed by atoms with Crippen LogP contribution in [0, 0.1) is 10.1 Å². The number of hydrogen-bond acceptors (Lipinski definition) is 6. The average molecular weight is 340 g/mol. The number of amides is 1. The van der Waals surface area contributed by atoms with Gasteiger partial charge >= 0.3 is 0 Å². The summed E-state index contributed by atoms with van der Waals surface area (Å²) in [5.74, 6) is 0.535. The van der Waals surface area contributed by atoms with Crippen LogP contribution < -0.4 is 10.6 Å². The fourth-order valence-corrected chi connectivity index (χ4v) is 2.44. The predicted molar refractivity (Wildman–Crippen MR) is 93.2 cm³/mol. The Morgan fingerprint density at radius 1 is 1.28 bits per heavy atom. The Morgan fingerprint density at radius 3 is 2.88 bits per heavy atom. The number of non-ortho nitro benzene ring substituents is 1. The number of aromatic amines is 1. The third-order valence-corrected chi connectivity index (χ3v) is 3.59. The maximum atomic E-state index is 10.9. The van der Waals surface area contributed by atoms with Gasteiger partial charge in [0.1, 0.15) is 17.8 Å². The molecule has 3 N–H and O–H groups in total. The van der Waals surface area contributed by atoms with Crippen LogP contribution in [0.15, 0.2) is 36.7 Å². The minimum absolute atomic E-state index is 0.0240. The number of benzene rings is 1. The zero-order chi connectivity index (χ0) is 17.8. The molecule has 0 spiro atoms. The summed E-state index contributed by atoms with van der Waals surface area (Å²) in [6.45, 7) is 2.45. The molecule has 0 radical (unpaired) electrons. The summed E-state index contributed by atoms with van der Waals surface area (Å²) < 4.78 is 0. The van der Waals surface area contributed by atoms with Gasteiger partial charge in [-0.05, 0) is 6.07 Å². The van der Waals surface area contributed by atoms with Gasteiger partial charge < -0.3 is 15.6 Å². The quantitative estimate of drug-likeness (QED) is 0.358. The van der Waals surface area contributed by atoms with Crippen molar-refractivity contribution >= 4 is 28.4 Å².